The van der Waals surface area contributed by atoms with Crippen molar-refractivity contribution < 1.29 is 14.6 Å². The second kappa shape index (κ2) is 5.89. The van der Waals surface area contributed by atoms with Gasteiger partial charge in [-0.3, -0.25) is 0 Å². The van der Waals surface area contributed by atoms with Gasteiger partial charge in [-0.25, -0.2) is 0 Å². The molecule has 3 N–H and O–H groups in total. The summed E-state index contributed by atoms with van der Waals surface area (Å²) in [5, 5.41) is 8.88. The van der Waals surface area contributed by atoms with E-state index < -0.39 is 5.54 Å². The van der Waals surface area contributed by atoms with E-state index in [1.807, 2.05) is 25.1 Å². The van der Waals surface area contributed by atoms with Gasteiger partial charge in [-0.2, -0.15) is 0 Å². The predicted octanol–water partition coefficient (Wildman–Crippen LogP) is 1.65. The Morgan fingerprint density at radius 1 is 1.29 bits per heavy atom. The molecule has 0 aliphatic carbocycles. The topological polar surface area (TPSA) is 64.7 Å². The van der Waals surface area contributed by atoms with Crippen LogP contribution in [-0.2, 0) is 5.54 Å². The standard InChI is InChI=1S/C13H21NO3/c1-13(14,7-4-8-15)11-6-5-10(16-2)9-12(11)17-3/h5-6,9,15H,4,7-8,14H2,1-3H3. The lowest BCUT2D eigenvalue weighted by Gasteiger charge is -2.27. The molecule has 1 atom stereocenters. The van der Waals surface area contributed by atoms with E-state index in [9.17, 15) is 0 Å². The SMILES string of the molecule is COc1ccc(C(C)(N)CCCO)c(OC)c1. The van der Waals surface area contributed by atoms with Crippen LogP contribution in [0, 0.1) is 0 Å². The number of rotatable bonds is 6. The molecule has 1 rings (SSSR count). The Balaban J connectivity index is 3.03. The maximum absolute atomic E-state index is 8.88. The van der Waals surface area contributed by atoms with Gasteiger partial charge in [0.05, 0.1) is 14.2 Å². The second-order valence-electron chi connectivity index (χ2n) is 4.31. The van der Waals surface area contributed by atoms with Crippen LogP contribution in [0.4, 0.5) is 0 Å². The molecule has 0 radical (unpaired) electrons. The summed E-state index contributed by atoms with van der Waals surface area (Å²) in [4.78, 5) is 0. The number of aliphatic hydroxyl groups is 1. The largest absolute Gasteiger partial charge is 0.497 e. The highest BCUT2D eigenvalue weighted by atomic mass is 16.5. The molecule has 0 aliphatic heterocycles. The van der Waals surface area contributed by atoms with Crippen LogP contribution in [0.3, 0.4) is 0 Å². The van der Waals surface area contributed by atoms with Crippen LogP contribution in [-0.4, -0.2) is 25.9 Å². The highest BCUT2D eigenvalue weighted by molar-refractivity contribution is 5.44. The van der Waals surface area contributed by atoms with E-state index in [-0.39, 0.29) is 6.61 Å². The molecule has 0 aliphatic rings. The molecular weight excluding hydrogens is 218 g/mol. The van der Waals surface area contributed by atoms with E-state index in [0.29, 0.717) is 18.6 Å². The lowest BCUT2D eigenvalue weighted by Crippen LogP contribution is -2.33. The Labute approximate surface area is 102 Å². The lowest BCUT2D eigenvalue weighted by molar-refractivity contribution is 0.263. The Morgan fingerprint density at radius 3 is 2.53 bits per heavy atom. The van der Waals surface area contributed by atoms with Crippen molar-refractivity contribution in [3.8, 4) is 11.5 Å². The van der Waals surface area contributed by atoms with Crippen molar-refractivity contribution in [2.24, 2.45) is 5.73 Å². The number of ether oxygens (including phenoxy) is 2. The average Bonchev–Trinajstić information content (AvgIpc) is 2.35. The lowest BCUT2D eigenvalue weighted by atomic mass is 9.88. The van der Waals surface area contributed by atoms with Gasteiger partial charge in [0.15, 0.2) is 0 Å². The molecule has 1 aromatic rings. The molecule has 0 amide bonds. The first-order valence-corrected chi connectivity index (χ1v) is 5.67. The van der Waals surface area contributed by atoms with Crippen molar-refractivity contribution in [2.45, 2.75) is 25.3 Å². The van der Waals surface area contributed by atoms with Crippen LogP contribution in [0.1, 0.15) is 25.3 Å². The van der Waals surface area contributed by atoms with Gasteiger partial charge in [0.2, 0.25) is 0 Å². The van der Waals surface area contributed by atoms with Gasteiger partial charge in [0, 0.05) is 23.8 Å². The fourth-order valence-electron chi connectivity index (χ4n) is 1.85. The van der Waals surface area contributed by atoms with Crippen molar-refractivity contribution in [3.63, 3.8) is 0 Å². The Hall–Kier alpha value is -1.26. The van der Waals surface area contributed by atoms with Crippen LogP contribution in [0.5, 0.6) is 11.5 Å². The molecule has 0 aromatic heterocycles. The van der Waals surface area contributed by atoms with E-state index in [4.69, 9.17) is 20.3 Å². The monoisotopic (exact) mass is 239 g/mol. The summed E-state index contributed by atoms with van der Waals surface area (Å²) in [5.41, 5.74) is 6.67. The Kier molecular flexibility index (Phi) is 4.78. The van der Waals surface area contributed by atoms with Crippen LogP contribution in [0.15, 0.2) is 18.2 Å². The Morgan fingerprint density at radius 2 is 2.00 bits per heavy atom. The molecule has 0 bridgehead atoms. The van der Waals surface area contributed by atoms with Gasteiger partial charge >= 0.3 is 0 Å². The van der Waals surface area contributed by atoms with Gasteiger partial charge in [-0.1, -0.05) is 0 Å². The van der Waals surface area contributed by atoms with E-state index in [1.165, 1.54) is 0 Å². The molecule has 0 spiro atoms. The zero-order valence-electron chi connectivity index (χ0n) is 10.7. The van der Waals surface area contributed by atoms with Crippen molar-refractivity contribution in [1.29, 1.82) is 0 Å². The molecule has 0 fully saturated rings. The highest BCUT2D eigenvalue weighted by Crippen LogP contribution is 2.33. The molecule has 0 saturated heterocycles. The molecular formula is C13H21NO3. The summed E-state index contributed by atoms with van der Waals surface area (Å²) < 4.78 is 10.5. The minimum atomic E-state index is -0.514. The minimum absolute atomic E-state index is 0.144. The fraction of sp³-hybridized carbons (Fsp3) is 0.538. The predicted molar refractivity (Wildman–Crippen MR) is 67.4 cm³/mol. The van der Waals surface area contributed by atoms with Crippen LogP contribution < -0.4 is 15.2 Å². The number of hydrogen-bond acceptors (Lipinski definition) is 4. The number of nitrogens with two attached hydrogens (primary N) is 1. The summed E-state index contributed by atoms with van der Waals surface area (Å²) in [5.74, 6) is 1.45. The third-order valence-corrected chi connectivity index (χ3v) is 2.88. The van der Waals surface area contributed by atoms with E-state index in [1.54, 1.807) is 14.2 Å². The van der Waals surface area contributed by atoms with Crippen LogP contribution >= 0.6 is 0 Å². The third-order valence-electron chi connectivity index (χ3n) is 2.88. The number of hydrogen-bond donors (Lipinski definition) is 2. The summed E-state index contributed by atoms with van der Waals surface area (Å²) in [6.07, 6.45) is 1.37. The second-order valence-corrected chi connectivity index (χ2v) is 4.31. The first kappa shape index (κ1) is 13.8. The first-order chi connectivity index (χ1) is 8.05. The fourth-order valence-corrected chi connectivity index (χ4v) is 1.85. The maximum Gasteiger partial charge on any atom is 0.127 e. The van der Waals surface area contributed by atoms with Crippen molar-refractivity contribution >= 4 is 0 Å². The van der Waals surface area contributed by atoms with E-state index >= 15 is 0 Å². The van der Waals surface area contributed by atoms with Crippen molar-refractivity contribution in [2.75, 3.05) is 20.8 Å². The molecule has 0 heterocycles. The molecule has 96 valence electrons. The van der Waals surface area contributed by atoms with Gasteiger partial charge in [0.25, 0.3) is 0 Å². The summed E-state index contributed by atoms with van der Waals surface area (Å²) in [6, 6.07) is 5.59. The molecule has 0 saturated carbocycles. The smallest absolute Gasteiger partial charge is 0.127 e. The normalized spacial score (nSPS) is 14.2. The minimum Gasteiger partial charge on any atom is -0.497 e. The molecule has 1 aromatic carbocycles. The number of aliphatic hydroxyl groups excluding tert-OH is 1. The highest BCUT2D eigenvalue weighted by Gasteiger charge is 2.24. The van der Waals surface area contributed by atoms with Crippen LogP contribution in [0.25, 0.3) is 0 Å². The summed E-state index contributed by atoms with van der Waals surface area (Å²) in [6.45, 7) is 2.08. The zero-order chi connectivity index (χ0) is 12.9. The maximum atomic E-state index is 8.88. The molecule has 17 heavy (non-hydrogen) atoms. The molecule has 4 nitrogen and oxygen atoms in total. The molecule has 1 unspecified atom stereocenters. The van der Waals surface area contributed by atoms with Crippen molar-refractivity contribution in [3.05, 3.63) is 23.8 Å². The Bertz CT molecular complexity index is 364. The van der Waals surface area contributed by atoms with Gasteiger partial charge in [-0.05, 0) is 31.9 Å². The zero-order valence-corrected chi connectivity index (χ0v) is 10.7. The first-order valence-electron chi connectivity index (χ1n) is 5.67. The van der Waals surface area contributed by atoms with E-state index in [2.05, 4.69) is 0 Å². The quantitative estimate of drug-likeness (QED) is 0.792. The van der Waals surface area contributed by atoms with Gasteiger partial charge < -0.3 is 20.3 Å². The number of benzene rings is 1. The van der Waals surface area contributed by atoms with Crippen molar-refractivity contribution in [1.82, 2.24) is 0 Å². The van der Waals surface area contributed by atoms with Gasteiger partial charge in [-0.15, -0.1) is 0 Å². The van der Waals surface area contributed by atoms with Crippen LogP contribution in [0.2, 0.25) is 0 Å². The number of methoxy groups -OCH3 is 2. The summed E-state index contributed by atoms with van der Waals surface area (Å²) >= 11 is 0. The molecule has 4 heteroatoms. The average molecular weight is 239 g/mol. The van der Waals surface area contributed by atoms with Gasteiger partial charge in [0.1, 0.15) is 11.5 Å². The third kappa shape index (κ3) is 3.35. The summed E-state index contributed by atoms with van der Waals surface area (Å²) in [7, 11) is 3.22. The van der Waals surface area contributed by atoms with E-state index in [0.717, 1.165) is 11.3 Å².